The quantitative estimate of drug-likeness (QED) is 0.650. The van der Waals surface area contributed by atoms with Crippen LogP contribution in [0.15, 0.2) is 42.5 Å². The molecule has 2 rings (SSSR count). The van der Waals surface area contributed by atoms with Gasteiger partial charge in [0.15, 0.2) is 5.75 Å². The van der Waals surface area contributed by atoms with E-state index in [1.807, 2.05) is 24.3 Å². The highest BCUT2D eigenvalue weighted by Gasteiger charge is 2.04. The molecule has 2 aromatic rings. The summed E-state index contributed by atoms with van der Waals surface area (Å²) < 4.78 is 6.79. The minimum atomic E-state index is 0.461. The first kappa shape index (κ1) is 11.5. The highest BCUT2D eigenvalue weighted by Crippen LogP contribution is 2.32. The third kappa shape index (κ3) is 2.59. The van der Waals surface area contributed by atoms with Gasteiger partial charge in [-0.15, -0.1) is 0 Å². The summed E-state index contributed by atoms with van der Waals surface area (Å²) in [4.78, 5) is 0. The van der Waals surface area contributed by atoms with Crippen LogP contribution in [-0.2, 0) is 0 Å². The highest BCUT2D eigenvalue weighted by atomic mass is 127. The number of para-hydroxylation sites is 1. The summed E-state index contributed by atoms with van der Waals surface area (Å²) in [6.07, 6.45) is 0. The number of hydrogen-bond acceptors (Lipinski definition) is 2. The molecule has 0 amide bonds. The number of nitrogen functional groups attached to an aromatic ring is 1. The molecule has 0 spiro atoms. The fourth-order valence-corrected chi connectivity index (χ4v) is 1.76. The molecule has 0 aliphatic rings. The van der Waals surface area contributed by atoms with Crippen LogP contribution in [0.1, 0.15) is 0 Å². The van der Waals surface area contributed by atoms with Crippen LogP contribution < -0.4 is 10.5 Å². The lowest BCUT2D eigenvalue weighted by Gasteiger charge is -2.09. The number of benzene rings is 2. The Bertz CT molecular complexity index is 499. The van der Waals surface area contributed by atoms with Crippen molar-refractivity contribution in [3.63, 3.8) is 0 Å². The first-order valence-electron chi connectivity index (χ1n) is 4.64. The molecule has 0 saturated heterocycles. The van der Waals surface area contributed by atoms with Crippen LogP contribution in [0.3, 0.4) is 0 Å². The second-order valence-electron chi connectivity index (χ2n) is 3.21. The van der Waals surface area contributed by atoms with E-state index in [4.69, 9.17) is 22.1 Å². The number of rotatable bonds is 2. The van der Waals surface area contributed by atoms with Gasteiger partial charge in [0.25, 0.3) is 0 Å². The van der Waals surface area contributed by atoms with E-state index in [1.165, 1.54) is 0 Å². The van der Waals surface area contributed by atoms with Gasteiger partial charge in [0.2, 0.25) is 0 Å². The van der Waals surface area contributed by atoms with Crippen LogP contribution in [0.25, 0.3) is 0 Å². The smallest absolute Gasteiger partial charge is 0.151 e. The van der Waals surface area contributed by atoms with Crippen LogP contribution >= 0.6 is 34.2 Å². The number of nitrogens with two attached hydrogens (primary N) is 1. The van der Waals surface area contributed by atoms with E-state index in [2.05, 4.69) is 22.6 Å². The van der Waals surface area contributed by atoms with Crippen molar-refractivity contribution in [1.82, 2.24) is 0 Å². The van der Waals surface area contributed by atoms with Gasteiger partial charge in [0.1, 0.15) is 5.75 Å². The van der Waals surface area contributed by atoms with E-state index in [9.17, 15) is 0 Å². The molecule has 82 valence electrons. The Labute approximate surface area is 113 Å². The average molecular weight is 346 g/mol. The lowest BCUT2D eigenvalue weighted by atomic mass is 10.3. The largest absolute Gasteiger partial charge is 0.455 e. The minimum absolute atomic E-state index is 0.461. The number of hydrogen-bond donors (Lipinski definition) is 1. The molecule has 0 unspecified atom stereocenters. The minimum Gasteiger partial charge on any atom is -0.455 e. The third-order valence-corrected chi connectivity index (χ3v) is 3.10. The number of anilines is 1. The lowest BCUT2D eigenvalue weighted by Crippen LogP contribution is -1.92. The van der Waals surface area contributed by atoms with Gasteiger partial charge in [-0.2, -0.15) is 0 Å². The van der Waals surface area contributed by atoms with Crippen molar-refractivity contribution in [3.05, 3.63) is 51.1 Å². The summed E-state index contributed by atoms with van der Waals surface area (Å²) in [5.41, 5.74) is 6.26. The second kappa shape index (κ2) is 4.93. The first-order valence-corrected chi connectivity index (χ1v) is 6.10. The van der Waals surface area contributed by atoms with E-state index in [-0.39, 0.29) is 0 Å². The van der Waals surface area contributed by atoms with Crippen LogP contribution in [-0.4, -0.2) is 0 Å². The first-order chi connectivity index (χ1) is 7.66. The van der Waals surface area contributed by atoms with Gasteiger partial charge in [0.05, 0.1) is 10.7 Å². The van der Waals surface area contributed by atoms with Gasteiger partial charge in [-0.25, -0.2) is 0 Å². The van der Waals surface area contributed by atoms with E-state index >= 15 is 0 Å². The topological polar surface area (TPSA) is 35.2 Å². The molecule has 2 aromatic carbocycles. The van der Waals surface area contributed by atoms with E-state index in [0.717, 1.165) is 9.32 Å². The van der Waals surface area contributed by atoms with Crippen molar-refractivity contribution in [1.29, 1.82) is 0 Å². The molecule has 2 N–H and O–H groups in total. The molecule has 4 heteroatoms. The molecule has 2 nitrogen and oxygen atoms in total. The van der Waals surface area contributed by atoms with Crippen LogP contribution in [0, 0.1) is 3.57 Å². The zero-order chi connectivity index (χ0) is 11.5. The fraction of sp³-hybridized carbons (Fsp3) is 0. The van der Waals surface area contributed by atoms with Gasteiger partial charge in [0, 0.05) is 3.57 Å². The highest BCUT2D eigenvalue weighted by molar-refractivity contribution is 14.1. The van der Waals surface area contributed by atoms with Crippen LogP contribution in [0.5, 0.6) is 11.5 Å². The molecule has 0 saturated carbocycles. The summed E-state index contributed by atoms with van der Waals surface area (Å²) in [7, 11) is 0. The lowest BCUT2D eigenvalue weighted by molar-refractivity contribution is 0.485. The molecule has 0 radical (unpaired) electrons. The summed E-state index contributed by atoms with van der Waals surface area (Å²) in [6.45, 7) is 0. The Balaban J connectivity index is 2.27. The summed E-state index contributed by atoms with van der Waals surface area (Å²) in [5, 5.41) is 0.503. The molecule has 0 heterocycles. The molecular formula is C12H9ClINO. The standard InChI is InChI=1S/C12H9ClINO/c13-10-2-1-3-11(12(10)15)16-9-6-4-8(14)5-7-9/h1-7H,15H2. The van der Waals surface area contributed by atoms with Gasteiger partial charge in [-0.3, -0.25) is 0 Å². The van der Waals surface area contributed by atoms with Crippen LogP contribution in [0.4, 0.5) is 5.69 Å². The molecule has 0 bridgehead atoms. The SMILES string of the molecule is Nc1c(Cl)cccc1Oc1ccc(I)cc1. The third-order valence-electron chi connectivity index (χ3n) is 2.05. The van der Waals surface area contributed by atoms with E-state index < -0.39 is 0 Å². The Hall–Kier alpha value is -0.940. The Kier molecular flexibility index (Phi) is 3.56. The van der Waals surface area contributed by atoms with Crippen molar-refractivity contribution in [2.75, 3.05) is 5.73 Å². The van der Waals surface area contributed by atoms with Gasteiger partial charge >= 0.3 is 0 Å². The Morgan fingerprint density at radius 1 is 1.06 bits per heavy atom. The second-order valence-corrected chi connectivity index (χ2v) is 4.86. The monoisotopic (exact) mass is 345 g/mol. The fourth-order valence-electron chi connectivity index (χ4n) is 1.24. The predicted octanol–water partition coefficient (Wildman–Crippen LogP) is 4.32. The zero-order valence-corrected chi connectivity index (χ0v) is 11.2. The molecule has 0 aliphatic heterocycles. The predicted molar refractivity (Wildman–Crippen MR) is 75.1 cm³/mol. The molecule has 0 aliphatic carbocycles. The van der Waals surface area contributed by atoms with Crippen molar-refractivity contribution in [2.24, 2.45) is 0 Å². The summed E-state index contributed by atoms with van der Waals surface area (Å²) in [6, 6.07) is 13.1. The Morgan fingerprint density at radius 3 is 2.44 bits per heavy atom. The van der Waals surface area contributed by atoms with Crippen molar-refractivity contribution < 1.29 is 4.74 Å². The number of halogens is 2. The molecule has 0 aromatic heterocycles. The molecule has 16 heavy (non-hydrogen) atoms. The normalized spacial score (nSPS) is 10.1. The molecule has 0 fully saturated rings. The Morgan fingerprint density at radius 2 is 1.75 bits per heavy atom. The maximum Gasteiger partial charge on any atom is 0.151 e. The maximum absolute atomic E-state index is 5.90. The van der Waals surface area contributed by atoms with Gasteiger partial charge < -0.3 is 10.5 Å². The maximum atomic E-state index is 5.90. The van der Waals surface area contributed by atoms with Gasteiger partial charge in [-0.1, -0.05) is 17.7 Å². The van der Waals surface area contributed by atoms with Crippen molar-refractivity contribution in [2.45, 2.75) is 0 Å². The molecular weight excluding hydrogens is 336 g/mol. The summed E-state index contributed by atoms with van der Waals surface area (Å²) >= 11 is 8.14. The average Bonchev–Trinajstić information content (AvgIpc) is 2.28. The van der Waals surface area contributed by atoms with E-state index in [0.29, 0.717) is 16.5 Å². The van der Waals surface area contributed by atoms with Crippen molar-refractivity contribution in [3.8, 4) is 11.5 Å². The summed E-state index contributed by atoms with van der Waals surface area (Å²) in [5.74, 6) is 1.32. The molecule has 0 atom stereocenters. The van der Waals surface area contributed by atoms with Gasteiger partial charge in [-0.05, 0) is 59.0 Å². The van der Waals surface area contributed by atoms with E-state index in [1.54, 1.807) is 18.2 Å². The zero-order valence-electron chi connectivity index (χ0n) is 8.28. The number of ether oxygens (including phenoxy) is 1. The van der Waals surface area contributed by atoms with Crippen LogP contribution in [0.2, 0.25) is 5.02 Å². The van der Waals surface area contributed by atoms with Crippen molar-refractivity contribution >= 4 is 39.9 Å².